The van der Waals surface area contributed by atoms with Crippen LogP contribution in [0.15, 0.2) is 24.3 Å². The highest BCUT2D eigenvalue weighted by Crippen LogP contribution is 2.11. The van der Waals surface area contributed by atoms with Gasteiger partial charge >= 0.3 is 0 Å². The number of hydrogen-bond acceptors (Lipinski definition) is 3. The van der Waals surface area contributed by atoms with Crippen molar-refractivity contribution in [2.45, 2.75) is 13.0 Å². The van der Waals surface area contributed by atoms with E-state index in [-0.39, 0.29) is 5.91 Å². The van der Waals surface area contributed by atoms with E-state index < -0.39 is 6.10 Å². The minimum Gasteiger partial charge on any atom is -0.360 e. The van der Waals surface area contributed by atoms with Gasteiger partial charge in [-0.05, 0) is 19.1 Å². The molecule has 1 amide bonds. The fraction of sp³-hybridized carbons (Fsp3) is 0.385. The number of benzene rings is 1. The predicted molar refractivity (Wildman–Crippen MR) is 62.4 cm³/mol. The fourth-order valence-electron chi connectivity index (χ4n) is 1.79. The van der Waals surface area contributed by atoms with E-state index in [0.717, 1.165) is 5.56 Å². The molecule has 4 nitrogen and oxygen atoms in total. The van der Waals surface area contributed by atoms with Crippen LogP contribution in [0.4, 0.5) is 0 Å². The van der Waals surface area contributed by atoms with Crippen LogP contribution in [0.3, 0.4) is 0 Å². The van der Waals surface area contributed by atoms with Crippen LogP contribution in [0, 0.1) is 18.3 Å². The molecule has 0 radical (unpaired) electrons. The third-order valence-electron chi connectivity index (χ3n) is 2.80. The summed E-state index contributed by atoms with van der Waals surface area (Å²) in [5.74, 6) is -0.0337. The highest BCUT2D eigenvalue weighted by molar-refractivity contribution is 5.94. The molecule has 1 heterocycles. The first-order chi connectivity index (χ1) is 8.20. The Morgan fingerprint density at radius 3 is 2.82 bits per heavy atom. The van der Waals surface area contributed by atoms with Gasteiger partial charge < -0.3 is 9.64 Å². The van der Waals surface area contributed by atoms with Gasteiger partial charge in [0, 0.05) is 12.1 Å². The Kier molecular flexibility index (Phi) is 3.40. The number of ether oxygens (including phenoxy) is 1. The first-order valence-corrected chi connectivity index (χ1v) is 5.58. The van der Waals surface area contributed by atoms with Gasteiger partial charge in [0.25, 0.3) is 5.91 Å². The van der Waals surface area contributed by atoms with Crippen LogP contribution in [0.1, 0.15) is 15.9 Å². The molecule has 0 aromatic heterocycles. The summed E-state index contributed by atoms with van der Waals surface area (Å²) in [6.45, 7) is 3.30. The highest BCUT2D eigenvalue weighted by atomic mass is 16.5. The van der Waals surface area contributed by atoms with Crippen LogP contribution in [0.5, 0.6) is 0 Å². The predicted octanol–water partition coefficient (Wildman–Crippen LogP) is 1.36. The zero-order valence-corrected chi connectivity index (χ0v) is 9.72. The second-order valence-corrected chi connectivity index (χ2v) is 4.11. The van der Waals surface area contributed by atoms with Crippen molar-refractivity contribution in [1.82, 2.24) is 4.90 Å². The quantitative estimate of drug-likeness (QED) is 0.732. The maximum Gasteiger partial charge on any atom is 0.254 e. The zero-order valence-electron chi connectivity index (χ0n) is 9.72. The lowest BCUT2D eigenvalue weighted by Gasteiger charge is -2.29. The average Bonchev–Trinajstić information content (AvgIpc) is 2.39. The molecule has 88 valence electrons. The maximum atomic E-state index is 12.1. The van der Waals surface area contributed by atoms with Crippen molar-refractivity contribution in [2.75, 3.05) is 19.7 Å². The summed E-state index contributed by atoms with van der Waals surface area (Å²) >= 11 is 0. The number of nitriles is 1. The molecule has 17 heavy (non-hydrogen) atoms. The molecule has 1 saturated heterocycles. The average molecular weight is 230 g/mol. The van der Waals surface area contributed by atoms with Gasteiger partial charge in [-0.1, -0.05) is 17.7 Å². The monoisotopic (exact) mass is 230 g/mol. The number of aryl methyl sites for hydroxylation is 1. The molecule has 1 fully saturated rings. The third kappa shape index (κ3) is 2.63. The van der Waals surface area contributed by atoms with Crippen molar-refractivity contribution >= 4 is 5.91 Å². The largest absolute Gasteiger partial charge is 0.360 e. The Balaban J connectivity index is 2.09. The van der Waals surface area contributed by atoms with E-state index in [1.165, 1.54) is 0 Å². The maximum absolute atomic E-state index is 12.1. The number of amides is 1. The molecule has 0 spiro atoms. The Labute approximate surface area is 100 Å². The first kappa shape index (κ1) is 11.6. The van der Waals surface area contributed by atoms with Gasteiger partial charge in [0.1, 0.15) is 0 Å². The summed E-state index contributed by atoms with van der Waals surface area (Å²) in [6.07, 6.45) is -0.502. The van der Waals surface area contributed by atoms with Gasteiger partial charge in [-0.25, -0.2) is 0 Å². The Hall–Kier alpha value is -1.86. The second-order valence-electron chi connectivity index (χ2n) is 4.11. The van der Waals surface area contributed by atoms with E-state index in [1.807, 2.05) is 37.3 Å². The molecule has 1 atom stereocenters. The summed E-state index contributed by atoms with van der Waals surface area (Å²) in [4.78, 5) is 13.8. The van der Waals surface area contributed by atoms with Crippen LogP contribution in [-0.4, -0.2) is 36.6 Å². The van der Waals surface area contributed by atoms with Crippen molar-refractivity contribution < 1.29 is 9.53 Å². The number of hydrogen-bond donors (Lipinski definition) is 0. The van der Waals surface area contributed by atoms with E-state index in [1.54, 1.807) is 4.90 Å². The number of nitrogens with zero attached hydrogens (tertiary/aromatic N) is 2. The molecule has 1 aliphatic rings. The van der Waals surface area contributed by atoms with Gasteiger partial charge in [0.15, 0.2) is 6.10 Å². The van der Waals surface area contributed by atoms with E-state index in [9.17, 15) is 4.79 Å². The summed E-state index contributed by atoms with van der Waals surface area (Å²) in [7, 11) is 0. The molecule has 0 aliphatic carbocycles. The molecule has 2 rings (SSSR count). The molecule has 4 heteroatoms. The molecular formula is C13H14N2O2. The molecule has 0 bridgehead atoms. The molecule has 1 unspecified atom stereocenters. The van der Waals surface area contributed by atoms with Gasteiger partial charge in [0.2, 0.25) is 0 Å². The summed E-state index contributed by atoms with van der Waals surface area (Å²) in [5, 5.41) is 8.78. The molecule has 1 aromatic rings. The number of morpholine rings is 1. The fourth-order valence-corrected chi connectivity index (χ4v) is 1.79. The molecule has 1 aliphatic heterocycles. The van der Waals surface area contributed by atoms with Gasteiger partial charge in [-0.15, -0.1) is 0 Å². The second kappa shape index (κ2) is 4.98. The highest BCUT2D eigenvalue weighted by Gasteiger charge is 2.24. The smallest absolute Gasteiger partial charge is 0.254 e. The number of carbonyl (C=O) groups excluding carboxylic acids is 1. The van der Waals surface area contributed by atoms with Gasteiger partial charge in [0.05, 0.1) is 19.2 Å². The molecular weight excluding hydrogens is 216 g/mol. The van der Waals surface area contributed by atoms with Gasteiger partial charge in [-0.2, -0.15) is 5.26 Å². The normalized spacial score (nSPS) is 19.8. The van der Waals surface area contributed by atoms with Gasteiger partial charge in [-0.3, -0.25) is 4.79 Å². The Morgan fingerprint density at radius 2 is 2.18 bits per heavy atom. The van der Waals surface area contributed by atoms with E-state index in [4.69, 9.17) is 10.00 Å². The lowest BCUT2D eigenvalue weighted by atomic mass is 10.1. The molecule has 0 N–H and O–H groups in total. The third-order valence-corrected chi connectivity index (χ3v) is 2.80. The van der Waals surface area contributed by atoms with E-state index in [2.05, 4.69) is 0 Å². The Bertz CT molecular complexity index is 447. The van der Waals surface area contributed by atoms with Crippen LogP contribution >= 0.6 is 0 Å². The van der Waals surface area contributed by atoms with E-state index >= 15 is 0 Å². The van der Waals surface area contributed by atoms with E-state index in [0.29, 0.717) is 25.3 Å². The van der Waals surface area contributed by atoms with Crippen molar-refractivity contribution in [3.63, 3.8) is 0 Å². The standard InChI is InChI=1S/C13H14N2O2/c1-10-2-4-11(5-3-10)13(16)15-6-7-17-12(8-14)9-15/h2-5,12H,6-7,9H2,1H3. The summed E-state index contributed by atoms with van der Waals surface area (Å²) in [5.41, 5.74) is 1.78. The topological polar surface area (TPSA) is 53.3 Å². The SMILES string of the molecule is Cc1ccc(C(=O)N2CCOC(C#N)C2)cc1. The summed E-state index contributed by atoms with van der Waals surface area (Å²) in [6, 6.07) is 9.49. The van der Waals surface area contributed by atoms with Crippen LogP contribution < -0.4 is 0 Å². The van der Waals surface area contributed by atoms with Crippen molar-refractivity contribution in [3.05, 3.63) is 35.4 Å². The number of carbonyl (C=O) groups is 1. The van der Waals surface area contributed by atoms with Crippen molar-refractivity contribution in [2.24, 2.45) is 0 Å². The molecule has 1 aromatic carbocycles. The lowest BCUT2D eigenvalue weighted by Crippen LogP contribution is -2.45. The molecule has 0 saturated carbocycles. The first-order valence-electron chi connectivity index (χ1n) is 5.58. The van der Waals surface area contributed by atoms with Crippen molar-refractivity contribution in [3.8, 4) is 6.07 Å². The van der Waals surface area contributed by atoms with Crippen LogP contribution in [0.25, 0.3) is 0 Å². The minimum atomic E-state index is -0.502. The zero-order chi connectivity index (χ0) is 12.3. The minimum absolute atomic E-state index is 0.0337. The van der Waals surface area contributed by atoms with Crippen molar-refractivity contribution in [1.29, 1.82) is 5.26 Å². The number of rotatable bonds is 1. The lowest BCUT2D eigenvalue weighted by molar-refractivity contribution is 0.00347. The summed E-state index contributed by atoms with van der Waals surface area (Å²) < 4.78 is 5.21. The Morgan fingerprint density at radius 1 is 1.47 bits per heavy atom. The van der Waals surface area contributed by atoms with Crippen LogP contribution in [0.2, 0.25) is 0 Å². The van der Waals surface area contributed by atoms with Crippen LogP contribution in [-0.2, 0) is 4.74 Å².